The minimum absolute atomic E-state index is 0.107. The fourth-order valence-corrected chi connectivity index (χ4v) is 14.8. The second-order valence-electron chi connectivity index (χ2n) is 30.8. The third-order valence-electron chi connectivity index (χ3n) is 20.4. The summed E-state index contributed by atoms with van der Waals surface area (Å²) in [6.07, 6.45) is 70.7. The Hall–Kier alpha value is -1.94. The number of ether oxygens (including phenoxy) is 4. The summed E-state index contributed by atoms with van der Waals surface area (Å²) in [6, 6.07) is 0. The summed E-state index contributed by atoms with van der Waals surface area (Å²) in [7, 11) is -9.93. The maximum Gasteiger partial charge on any atom is 0.472 e. The van der Waals surface area contributed by atoms with Crippen molar-refractivity contribution in [3.05, 3.63) is 0 Å². The summed E-state index contributed by atoms with van der Waals surface area (Å²) in [5, 5.41) is 10.7. The van der Waals surface area contributed by atoms with Gasteiger partial charge in [-0.2, -0.15) is 0 Å². The maximum atomic E-state index is 13.1. The standard InChI is InChI=1S/C85H166O17P2/c1-6-10-13-16-19-22-25-28-30-32-33-34-35-37-39-41-44-50-55-60-65-70-84(89)101-80(74-96-83(88)69-64-59-54-49-43-40-38-36-31-29-26-23-20-17-14-11-7-2)76-99-103(91,92)97-72-79(86)73-98-104(93,94)100-77-81(75-95-82(87)68-63-58-53-48-42-27-24-21-18-15-12-8-3)102-85(90)71-66-61-56-51-46-45-47-52-57-62-67-78(5)9-4/h78-81,86H,6-77H2,1-5H3,(H,91,92)(H,93,94)/t78?,79-,80-,81-/m1/s1. The van der Waals surface area contributed by atoms with Crippen LogP contribution in [0.3, 0.4) is 0 Å². The lowest BCUT2D eigenvalue weighted by molar-refractivity contribution is -0.161. The van der Waals surface area contributed by atoms with E-state index in [1.165, 1.54) is 283 Å². The van der Waals surface area contributed by atoms with Crippen LogP contribution >= 0.6 is 15.6 Å². The Balaban J connectivity index is 5.24. The van der Waals surface area contributed by atoms with Gasteiger partial charge in [-0.1, -0.05) is 407 Å². The molecule has 0 saturated carbocycles. The lowest BCUT2D eigenvalue weighted by Crippen LogP contribution is -2.30. The van der Waals surface area contributed by atoms with Crippen LogP contribution < -0.4 is 0 Å². The first-order valence-electron chi connectivity index (χ1n) is 44.2. The Bertz CT molecular complexity index is 1980. The molecule has 0 rings (SSSR count). The van der Waals surface area contributed by atoms with Crippen LogP contribution in [0.5, 0.6) is 0 Å². The number of esters is 4. The number of hydrogen-bond donors (Lipinski definition) is 3. The van der Waals surface area contributed by atoms with E-state index < -0.39 is 97.5 Å². The zero-order chi connectivity index (χ0) is 76.2. The normalized spacial score (nSPS) is 14.0. The predicted octanol–water partition coefficient (Wildman–Crippen LogP) is 26.0. The van der Waals surface area contributed by atoms with Gasteiger partial charge in [0, 0.05) is 25.7 Å². The van der Waals surface area contributed by atoms with Crippen LogP contribution in [0.2, 0.25) is 0 Å². The van der Waals surface area contributed by atoms with Gasteiger partial charge in [0.1, 0.15) is 19.3 Å². The summed E-state index contributed by atoms with van der Waals surface area (Å²) in [4.78, 5) is 73.2. The number of aliphatic hydroxyl groups excluding tert-OH is 1. The largest absolute Gasteiger partial charge is 0.472 e. The number of unbranched alkanes of at least 4 members (excludes halogenated alkanes) is 56. The van der Waals surface area contributed by atoms with Crippen molar-refractivity contribution in [3.63, 3.8) is 0 Å². The molecule has 0 radical (unpaired) electrons. The Labute approximate surface area is 638 Å². The van der Waals surface area contributed by atoms with E-state index >= 15 is 0 Å². The van der Waals surface area contributed by atoms with E-state index in [9.17, 15) is 43.2 Å². The zero-order valence-corrected chi connectivity index (χ0v) is 70.0. The van der Waals surface area contributed by atoms with Crippen LogP contribution in [0, 0.1) is 5.92 Å². The molecule has 0 heterocycles. The van der Waals surface area contributed by atoms with Crippen LogP contribution in [0.1, 0.15) is 458 Å². The number of rotatable bonds is 85. The van der Waals surface area contributed by atoms with Crippen molar-refractivity contribution in [3.8, 4) is 0 Å². The van der Waals surface area contributed by atoms with Crippen molar-refractivity contribution >= 4 is 39.5 Å². The van der Waals surface area contributed by atoms with Gasteiger partial charge in [-0.25, -0.2) is 9.13 Å². The quantitative estimate of drug-likeness (QED) is 0.0222. The fourth-order valence-electron chi connectivity index (χ4n) is 13.3. The summed E-state index contributed by atoms with van der Waals surface area (Å²) in [5.41, 5.74) is 0. The minimum Gasteiger partial charge on any atom is -0.462 e. The van der Waals surface area contributed by atoms with Crippen molar-refractivity contribution in [2.24, 2.45) is 5.92 Å². The van der Waals surface area contributed by atoms with Crippen molar-refractivity contribution in [2.75, 3.05) is 39.6 Å². The van der Waals surface area contributed by atoms with E-state index in [0.717, 1.165) is 95.8 Å². The van der Waals surface area contributed by atoms with Crippen LogP contribution in [0.15, 0.2) is 0 Å². The molecule has 618 valence electrons. The molecular weight excluding hydrogens is 1350 g/mol. The number of carbonyl (C=O) groups excluding carboxylic acids is 4. The Morgan fingerprint density at radius 1 is 0.269 bits per heavy atom. The summed E-state index contributed by atoms with van der Waals surface area (Å²) >= 11 is 0. The monoisotopic (exact) mass is 1520 g/mol. The van der Waals surface area contributed by atoms with Crippen molar-refractivity contribution in [2.45, 2.75) is 477 Å². The summed E-state index contributed by atoms with van der Waals surface area (Å²) in [5.74, 6) is -1.30. The SMILES string of the molecule is CCCCCCCCCCCCCCCCCCCCCCCC(=O)O[C@H](COC(=O)CCCCCCCCCCCCCCCCCCC)COP(=O)(O)OC[C@@H](O)COP(=O)(O)OC[C@@H](COC(=O)CCCCCCCCCCCCCC)OC(=O)CCCCCCCCCCCCC(C)CC. The number of hydrogen-bond acceptors (Lipinski definition) is 15. The van der Waals surface area contributed by atoms with Crippen molar-refractivity contribution in [1.82, 2.24) is 0 Å². The first-order chi connectivity index (χ1) is 50.6. The van der Waals surface area contributed by atoms with Crippen LogP contribution in [-0.4, -0.2) is 96.7 Å². The third kappa shape index (κ3) is 76.8. The maximum absolute atomic E-state index is 13.1. The molecule has 19 heteroatoms. The molecule has 0 bridgehead atoms. The molecule has 0 amide bonds. The number of carbonyl (C=O) groups is 4. The topological polar surface area (TPSA) is 237 Å². The second kappa shape index (κ2) is 77.8. The highest BCUT2D eigenvalue weighted by molar-refractivity contribution is 7.47. The van der Waals surface area contributed by atoms with Gasteiger partial charge < -0.3 is 33.8 Å². The lowest BCUT2D eigenvalue weighted by atomic mass is 9.99. The molecule has 0 aromatic rings. The van der Waals surface area contributed by atoms with Crippen LogP contribution in [0.4, 0.5) is 0 Å². The zero-order valence-electron chi connectivity index (χ0n) is 68.2. The van der Waals surface area contributed by atoms with Gasteiger partial charge in [0.15, 0.2) is 12.2 Å². The molecule has 0 aromatic carbocycles. The van der Waals surface area contributed by atoms with Crippen molar-refractivity contribution in [1.29, 1.82) is 0 Å². The second-order valence-corrected chi connectivity index (χ2v) is 33.7. The summed E-state index contributed by atoms with van der Waals surface area (Å²) in [6.45, 7) is 7.38. The Kier molecular flexibility index (Phi) is 76.3. The molecule has 0 aliphatic carbocycles. The van der Waals surface area contributed by atoms with Gasteiger partial charge in [-0.15, -0.1) is 0 Å². The van der Waals surface area contributed by atoms with E-state index in [0.29, 0.717) is 25.7 Å². The number of aliphatic hydroxyl groups is 1. The average molecular weight is 1520 g/mol. The number of phosphoric acid groups is 2. The molecule has 0 aliphatic rings. The molecule has 0 spiro atoms. The minimum atomic E-state index is -4.96. The van der Waals surface area contributed by atoms with E-state index in [4.69, 9.17) is 37.0 Å². The smallest absolute Gasteiger partial charge is 0.462 e. The Morgan fingerprint density at radius 3 is 0.683 bits per heavy atom. The molecule has 6 atom stereocenters. The molecule has 3 unspecified atom stereocenters. The highest BCUT2D eigenvalue weighted by atomic mass is 31.2. The van der Waals surface area contributed by atoms with Gasteiger partial charge in [0.2, 0.25) is 0 Å². The van der Waals surface area contributed by atoms with E-state index in [1.54, 1.807) is 0 Å². The first-order valence-corrected chi connectivity index (χ1v) is 47.2. The van der Waals surface area contributed by atoms with E-state index in [2.05, 4.69) is 34.6 Å². The molecular formula is C85H166O17P2. The van der Waals surface area contributed by atoms with Crippen LogP contribution in [0.25, 0.3) is 0 Å². The van der Waals surface area contributed by atoms with Crippen molar-refractivity contribution < 1.29 is 80.2 Å². The van der Waals surface area contributed by atoms with Gasteiger partial charge >= 0.3 is 39.5 Å². The lowest BCUT2D eigenvalue weighted by Gasteiger charge is -2.21. The van der Waals surface area contributed by atoms with Crippen LogP contribution in [-0.2, 0) is 65.4 Å². The fraction of sp³-hybridized carbons (Fsp3) is 0.953. The Morgan fingerprint density at radius 2 is 0.462 bits per heavy atom. The highest BCUT2D eigenvalue weighted by Gasteiger charge is 2.30. The van der Waals surface area contributed by atoms with Gasteiger partial charge in [0.05, 0.1) is 26.4 Å². The molecule has 0 aliphatic heterocycles. The average Bonchev–Trinajstić information content (AvgIpc) is 0.906. The highest BCUT2D eigenvalue weighted by Crippen LogP contribution is 2.45. The predicted molar refractivity (Wildman–Crippen MR) is 428 cm³/mol. The third-order valence-corrected chi connectivity index (χ3v) is 22.3. The molecule has 17 nitrogen and oxygen atoms in total. The molecule has 3 N–H and O–H groups in total. The number of phosphoric ester groups is 2. The molecule has 0 fully saturated rings. The van der Waals surface area contributed by atoms with E-state index in [-0.39, 0.29) is 25.7 Å². The van der Waals surface area contributed by atoms with Gasteiger partial charge in [-0.05, 0) is 31.6 Å². The molecule has 104 heavy (non-hydrogen) atoms. The van der Waals surface area contributed by atoms with Gasteiger partial charge in [-0.3, -0.25) is 37.3 Å². The first kappa shape index (κ1) is 102. The molecule has 0 saturated heterocycles. The van der Waals surface area contributed by atoms with E-state index in [1.807, 2.05) is 0 Å². The summed E-state index contributed by atoms with van der Waals surface area (Å²) < 4.78 is 68.9. The van der Waals surface area contributed by atoms with Gasteiger partial charge in [0.25, 0.3) is 0 Å². The molecule has 0 aromatic heterocycles.